The van der Waals surface area contributed by atoms with Gasteiger partial charge in [-0.15, -0.1) is 0 Å². The molecule has 108 valence electrons. The third kappa shape index (κ3) is 3.14. The van der Waals surface area contributed by atoms with Crippen molar-refractivity contribution in [3.63, 3.8) is 0 Å². The molecule has 2 rings (SSSR count). The van der Waals surface area contributed by atoms with E-state index in [-0.39, 0.29) is 24.0 Å². The van der Waals surface area contributed by atoms with E-state index in [1.54, 1.807) is 8.70 Å². The van der Waals surface area contributed by atoms with Crippen LogP contribution in [0.15, 0.2) is 48.5 Å². The maximum Gasteiger partial charge on any atom is -1.00 e. The maximum atomic E-state index is 2.55. The van der Waals surface area contributed by atoms with Crippen LogP contribution < -0.4 is 32.7 Å². The van der Waals surface area contributed by atoms with Gasteiger partial charge in [0.1, 0.15) is 0 Å². The summed E-state index contributed by atoms with van der Waals surface area (Å²) in [6, 6.07) is 17.9. The summed E-state index contributed by atoms with van der Waals surface area (Å²) >= 11 is -2.08. The van der Waals surface area contributed by atoms with E-state index in [0.717, 1.165) is 4.71 Å². The fraction of sp³-hybridized carbons (Fsp3) is 0.333. The molecule has 0 aliphatic rings. The van der Waals surface area contributed by atoms with Gasteiger partial charge in [-0.3, -0.25) is 0 Å². The number of benzene rings is 2. The molecule has 0 amide bonds. The topological polar surface area (TPSA) is 0 Å². The van der Waals surface area contributed by atoms with E-state index in [1.807, 2.05) is 0 Å². The van der Waals surface area contributed by atoms with Crippen LogP contribution >= 0.6 is 0 Å². The predicted octanol–water partition coefficient (Wildman–Crippen LogP) is 0.910. The summed E-state index contributed by atoms with van der Waals surface area (Å²) in [5.41, 5.74) is 5.46. The first kappa shape index (κ1) is 17.8. The number of hydrogen-bond donors (Lipinski definition) is 0. The number of aryl methyl sites for hydroxylation is 2. The Balaban J connectivity index is 0.00000200. The minimum absolute atomic E-state index is 0. The van der Waals surface area contributed by atoms with Crippen LogP contribution in [-0.4, -0.2) is 13.6 Å². The Labute approximate surface area is 143 Å². The summed E-state index contributed by atoms with van der Waals surface area (Å²) < 4.78 is 3.95. The van der Waals surface area contributed by atoms with Gasteiger partial charge in [-0.05, 0) is 0 Å². The standard InChI is InChI=1S/C18H24As.HI/c1-14(2)19(5,17-12-8-6-10-15(17)3)18-13-9-7-11-16(18)4;/h6-14H,1-5H3;1H/q+1;/p-1. The molecule has 0 fully saturated rings. The molecule has 0 atom stereocenters. The fourth-order valence-electron chi connectivity index (χ4n) is 2.86. The molecule has 0 heterocycles. The van der Waals surface area contributed by atoms with Crippen molar-refractivity contribution >= 4 is 22.3 Å². The third-order valence-corrected chi connectivity index (χ3v) is 14.9. The van der Waals surface area contributed by atoms with E-state index < -0.39 is 13.6 Å². The molecule has 0 radical (unpaired) electrons. The van der Waals surface area contributed by atoms with E-state index in [2.05, 4.69) is 81.9 Å². The summed E-state index contributed by atoms with van der Waals surface area (Å²) in [6.07, 6.45) is 0. The summed E-state index contributed by atoms with van der Waals surface area (Å²) in [4.78, 5) is 0. The molecule has 0 aliphatic heterocycles. The Morgan fingerprint density at radius 1 is 0.750 bits per heavy atom. The van der Waals surface area contributed by atoms with E-state index in [4.69, 9.17) is 0 Å². The molecule has 0 aliphatic carbocycles. The first-order chi connectivity index (χ1) is 8.98. The van der Waals surface area contributed by atoms with Gasteiger partial charge in [0.2, 0.25) is 0 Å². The largest absolute Gasteiger partial charge is 1.00 e. The zero-order chi connectivity index (χ0) is 14.0. The molecular formula is C18H24AsI. The summed E-state index contributed by atoms with van der Waals surface area (Å²) in [5.74, 6) is 0. The quantitative estimate of drug-likeness (QED) is 0.490. The molecule has 2 aromatic carbocycles. The smallest absolute Gasteiger partial charge is 1.00 e. The molecule has 2 heteroatoms. The van der Waals surface area contributed by atoms with Crippen molar-refractivity contribution < 1.29 is 24.0 Å². The molecule has 0 aromatic heterocycles. The third-order valence-electron chi connectivity index (χ3n) is 4.26. The predicted molar refractivity (Wildman–Crippen MR) is 88.3 cm³/mol. The Hall–Kier alpha value is -0.272. The van der Waals surface area contributed by atoms with Crippen molar-refractivity contribution in [1.29, 1.82) is 0 Å². The molecule has 0 bridgehead atoms. The molecule has 0 saturated carbocycles. The van der Waals surface area contributed by atoms with Crippen LogP contribution in [-0.2, 0) is 0 Å². The van der Waals surface area contributed by atoms with Gasteiger partial charge in [0, 0.05) is 0 Å². The second kappa shape index (κ2) is 7.13. The molecule has 0 spiro atoms. The van der Waals surface area contributed by atoms with Gasteiger partial charge in [0.25, 0.3) is 0 Å². The zero-order valence-electron chi connectivity index (χ0n) is 13.0. The number of halogens is 1. The minimum Gasteiger partial charge on any atom is -1.00 e. The summed E-state index contributed by atoms with van der Waals surface area (Å²) in [5, 5.41) is 0. The van der Waals surface area contributed by atoms with Crippen molar-refractivity contribution in [2.75, 3.05) is 0 Å². The molecule has 0 nitrogen and oxygen atoms in total. The van der Waals surface area contributed by atoms with E-state index in [1.165, 1.54) is 11.1 Å². The average molecular weight is 442 g/mol. The van der Waals surface area contributed by atoms with Crippen LogP contribution in [0.1, 0.15) is 25.0 Å². The van der Waals surface area contributed by atoms with Crippen molar-refractivity contribution in [3.8, 4) is 0 Å². The van der Waals surface area contributed by atoms with E-state index in [0.29, 0.717) is 0 Å². The second-order valence-electron chi connectivity index (χ2n) is 5.74. The van der Waals surface area contributed by atoms with E-state index >= 15 is 0 Å². The summed E-state index contributed by atoms with van der Waals surface area (Å²) in [7, 11) is 0. The van der Waals surface area contributed by atoms with Crippen molar-refractivity contribution in [1.82, 2.24) is 0 Å². The Kier molecular flexibility index (Phi) is 6.34. The van der Waals surface area contributed by atoms with Gasteiger partial charge in [-0.25, -0.2) is 0 Å². The normalized spacial score (nSPS) is 11.3. The van der Waals surface area contributed by atoms with Crippen LogP contribution in [0, 0.1) is 13.8 Å². The van der Waals surface area contributed by atoms with Crippen LogP contribution in [0.2, 0.25) is 10.4 Å². The molecule has 0 saturated heterocycles. The second-order valence-corrected chi connectivity index (χ2v) is 14.4. The molecule has 0 N–H and O–H groups in total. The average Bonchev–Trinajstić information content (AvgIpc) is 2.38. The van der Waals surface area contributed by atoms with Gasteiger partial charge in [-0.1, -0.05) is 0 Å². The molecular weight excluding hydrogens is 418 g/mol. The maximum absolute atomic E-state index is 2.55. The first-order valence-corrected chi connectivity index (χ1v) is 11.8. The Morgan fingerprint density at radius 3 is 1.40 bits per heavy atom. The van der Waals surface area contributed by atoms with Gasteiger partial charge < -0.3 is 24.0 Å². The van der Waals surface area contributed by atoms with Gasteiger partial charge in [0.05, 0.1) is 0 Å². The number of hydrogen-bond acceptors (Lipinski definition) is 0. The zero-order valence-corrected chi connectivity index (χ0v) is 17.1. The SMILES string of the molecule is Cc1ccccc1[As+](C)(c1ccccc1C)C(C)C.[I-]. The summed E-state index contributed by atoms with van der Waals surface area (Å²) in [6.45, 7) is 9.31. The molecule has 2 aromatic rings. The van der Waals surface area contributed by atoms with E-state index in [9.17, 15) is 0 Å². The van der Waals surface area contributed by atoms with Crippen molar-refractivity contribution in [2.24, 2.45) is 0 Å². The van der Waals surface area contributed by atoms with Gasteiger partial charge in [-0.2, -0.15) is 0 Å². The van der Waals surface area contributed by atoms with Crippen LogP contribution in [0.4, 0.5) is 0 Å². The first-order valence-electron chi connectivity index (χ1n) is 6.96. The van der Waals surface area contributed by atoms with Gasteiger partial charge >= 0.3 is 120 Å². The Bertz CT molecular complexity index is 530. The Morgan fingerprint density at radius 2 is 1.10 bits per heavy atom. The van der Waals surface area contributed by atoms with Crippen LogP contribution in [0.5, 0.6) is 0 Å². The van der Waals surface area contributed by atoms with Crippen LogP contribution in [0.3, 0.4) is 0 Å². The van der Waals surface area contributed by atoms with Crippen LogP contribution in [0.25, 0.3) is 0 Å². The van der Waals surface area contributed by atoms with Gasteiger partial charge in [0.15, 0.2) is 0 Å². The monoisotopic (exact) mass is 442 g/mol. The number of rotatable bonds is 3. The van der Waals surface area contributed by atoms with Crippen molar-refractivity contribution in [3.05, 3.63) is 59.7 Å². The van der Waals surface area contributed by atoms with Crippen molar-refractivity contribution in [2.45, 2.75) is 38.1 Å². The molecule has 20 heavy (non-hydrogen) atoms. The fourth-order valence-corrected chi connectivity index (χ4v) is 10.8. The molecule has 0 unspecified atom stereocenters. The minimum atomic E-state index is -2.08.